The lowest BCUT2D eigenvalue weighted by molar-refractivity contribution is 0.640. The quantitative estimate of drug-likeness (QED) is 0.826. The lowest BCUT2D eigenvalue weighted by Crippen LogP contribution is -1.99. The van der Waals surface area contributed by atoms with E-state index < -0.39 is 0 Å². The molecular formula is C11H12FNS. The maximum atomic E-state index is 13.3. The molecule has 1 aromatic heterocycles. The molecular weight excluding hydrogens is 197 g/mol. The fourth-order valence-electron chi connectivity index (χ4n) is 1.48. The molecule has 14 heavy (non-hydrogen) atoms. The molecule has 0 radical (unpaired) electrons. The van der Waals surface area contributed by atoms with Crippen LogP contribution >= 0.6 is 11.3 Å². The minimum absolute atomic E-state index is 0.127. The van der Waals surface area contributed by atoms with Gasteiger partial charge in [-0.05, 0) is 37.6 Å². The Labute approximate surface area is 86.4 Å². The van der Waals surface area contributed by atoms with Crippen molar-refractivity contribution < 1.29 is 4.39 Å². The van der Waals surface area contributed by atoms with Crippen LogP contribution in [0.5, 0.6) is 0 Å². The van der Waals surface area contributed by atoms with Gasteiger partial charge in [-0.3, -0.25) is 0 Å². The maximum absolute atomic E-state index is 13.3. The Morgan fingerprint density at radius 1 is 1.36 bits per heavy atom. The highest BCUT2D eigenvalue weighted by atomic mass is 32.1. The van der Waals surface area contributed by atoms with Crippen LogP contribution < -0.4 is 5.73 Å². The van der Waals surface area contributed by atoms with E-state index in [0.717, 1.165) is 22.9 Å². The van der Waals surface area contributed by atoms with Gasteiger partial charge >= 0.3 is 0 Å². The standard InChI is InChI=1S/C11H12FNS/c12-10-4-1-5-11-9(10)7-8(14-11)3-2-6-13/h1,4-5,7H,2-3,6,13H2. The van der Waals surface area contributed by atoms with Gasteiger partial charge in [0.05, 0.1) is 0 Å². The first-order valence-electron chi connectivity index (χ1n) is 4.68. The summed E-state index contributed by atoms with van der Waals surface area (Å²) in [5, 5.41) is 0.740. The average Bonchev–Trinajstić information content (AvgIpc) is 2.59. The number of halogens is 1. The molecule has 0 aliphatic rings. The largest absolute Gasteiger partial charge is 0.330 e. The Hall–Kier alpha value is -0.930. The number of rotatable bonds is 3. The van der Waals surface area contributed by atoms with Crippen LogP contribution in [0.25, 0.3) is 10.1 Å². The Kier molecular flexibility index (Phi) is 2.79. The summed E-state index contributed by atoms with van der Waals surface area (Å²) in [5.41, 5.74) is 5.43. The topological polar surface area (TPSA) is 26.0 Å². The van der Waals surface area contributed by atoms with E-state index in [4.69, 9.17) is 5.73 Å². The summed E-state index contributed by atoms with van der Waals surface area (Å²) in [5.74, 6) is -0.127. The van der Waals surface area contributed by atoms with Gasteiger partial charge in [-0.2, -0.15) is 0 Å². The van der Waals surface area contributed by atoms with E-state index in [1.165, 1.54) is 10.9 Å². The predicted molar refractivity (Wildman–Crippen MR) is 59.2 cm³/mol. The van der Waals surface area contributed by atoms with Gasteiger partial charge in [0.1, 0.15) is 5.82 Å². The molecule has 74 valence electrons. The van der Waals surface area contributed by atoms with Crippen molar-refractivity contribution in [2.24, 2.45) is 5.73 Å². The van der Waals surface area contributed by atoms with Gasteiger partial charge in [-0.1, -0.05) is 6.07 Å². The number of aryl methyl sites for hydroxylation is 1. The van der Waals surface area contributed by atoms with Crippen molar-refractivity contribution in [3.63, 3.8) is 0 Å². The Balaban J connectivity index is 2.36. The van der Waals surface area contributed by atoms with Crippen molar-refractivity contribution in [2.45, 2.75) is 12.8 Å². The zero-order chi connectivity index (χ0) is 9.97. The van der Waals surface area contributed by atoms with Gasteiger partial charge in [0, 0.05) is 15.0 Å². The number of thiophene rings is 1. The maximum Gasteiger partial charge on any atom is 0.131 e. The molecule has 2 aromatic rings. The third-order valence-electron chi connectivity index (χ3n) is 2.19. The molecule has 0 aliphatic heterocycles. The van der Waals surface area contributed by atoms with Crippen molar-refractivity contribution in [3.8, 4) is 0 Å². The molecule has 3 heteroatoms. The molecule has 0 aliphatic carbocycles. The first-order valence-corrected chi connectivity index (χ1v) is 5.50. The zero-order valence-corrected chi connectivity index (χ0v) is 8.61. The number of fused-ring (bicyclic) bond motifs is 1. The molecule has 0 unspecified atom stereocenters. The minimum Gasteiger partial charge on any atom is -0.330 e. The van der Waals surface area contributed by atoms with E-state index in [-0.39, 0.29) is 5.82 Å². The third-order valence-corrected chi connectivity index (χ3v) is 3.35. The summed E-state index contributed by atoms with van der Waals surface area (Å²) < 4.78 is 14.3. The fraction of sp³-hybridized carbons (Fsp3) is 0.273. The highest BCUT2D eigenvalue weighted by Crippen LogP contribution is 2.28. The average molecular weight is 209 g/mol. The van der Waals surface area contributed by atoms with Gasteiger partial charge in [0.25, 0.3) is 0 Å². The third kappa shape index (κ3) is 1.79. The second-order valence-electron chi connectivity index (χ2n) is 3.26. The van der Waals surface area contributed by atoms with Crippen LogP contribution in [0.1, 0.15) is 11.3 Å². The second-order valence-corrected chi connectivity index (χ2v) is 4.42. The molecule has 2 N–H and O–H groups in total. The van der Waals surface area contributed by atoms with Crippen molar-refractivity contribution in [1.29, 1.82) is 0 Å². The van der Waals surface area contributed by atoms with Crippen LogP contribution in [0.3, 0.4) is 0 Å². The van der Waals surface area contributed by atoms with E-state index in [1.54, 1.807) is 17.4 Å². The molecule has 0 spiro atoms. The van der Waals surface area contributed by atoms with E-state index in [9.17, 15) is 4.39 Å². The number of hydrogen-bond acceptors (Lipinski definition) is 2. The first-order chi connectivity index (χ1) is 6.81. The van der Waals surface area contributed by atoms with Crippen molar-refractivity contribution >= 4 is 21.4 Å². The van der Waals surface area contributed by atoms with Crippen molar-refractivity contribution in [3.05, 3.63) is 35.0 Å². The van der Waals surface area contributed by atoms with Crippen molar-refractivity contribution in [2.75, 3.05) is 6.54 Å². The zero-order valence-electron chi connectivity index (χ0n) is 7.79. The van der Waals surface area contributed by atoms with Crippen LogP contribution in [0.15, 0.2) is 24.3 Å². The molecule has 0 saturated heterocycles. The lowest BCUT2D eigenvalue weighted by atomic mass is 10.2. The molecule has 0 atom stereocenters. The Morgan fingerprint density at radius 2 is 2.21 bits per heavy atom. The predicted octanol–water partition coefficient (Wildman–Crippen LogP) is 2.93. The van der Waals surface area contributed by atoms with Gasteiger partial charge in [-0.25, -0.2) is 4.39 Å². The number of hydrogen-bond donors (Lipinski definition) is 1. The van der Waals surface area contributed by atoms with Crippen LogP contribution in [0, 0.1) is 5.82 Å². The Morgan fingerprint density at radius 3 is 2.93 bits per heavy atom. The summed E-state index contributed by atoms with van der Waals surface area (Å²) in [6, 6.07) is 7.14. The van der Waals surface area contributed by atoms with E-state index in [2.05, 4.69) is 0 Å². The van der Waals surface area contributed by atoms with Crippen LogP contribution in [-0.4, -0.2) is 6.54 Å². The lowest BCUT2D eigenvalue weighted by Gasteiger charge is -1.91. The summed E-state index contributed by atoms with van der Waals surface area (Å²) in [7, 11) is 0. The molecule has 2 rings (SSSR count). The first kappa shape index (κ1) is 9.62. The van der Waals surface area contributed by atoms with Gasteiger partial charge in [0.2, 0.25) is 0 Å². The smallest absolute Gasteiger partial charge is 0.131 e. The van der Waals surface area contributed by atoms with E-state index in [0.29, 0.717) is 6.54 Å². The van der Waals surface area contributed by atoms with E-state index >= 15 is 0 Å². The van der Waals surface area contributed by atoms with E-state index in [1.807, 2.05) is 12.1 Å². The normalized spacial score (nSPS) is 11.0. The van der Waals surface area contributed by atoms with Gasteiger partial charge < -0.3 is 5.73 Å². The second kappa shape index (κ2) is 4.07. The summed E-state index contributed by atoms with van der Waals surface area (Å²) in [6.45, 7) is 0.691. The fourth-order valence-corrected chi connectivity index (χ4v) is 2.60. The molecule has 0 bridgehead atoms. The molecule has 1 heterocycles. The minimum atomic E-state index is -0.127. The monoisotopic (exact) mass is 209 g/mol. The molecule has 0 fully saturated rings. The molecule has 0 amide bonds. The van der Waals surface area contributed by atoms with Crippen LogP contribution in [-0.2, 0) is 6.42 Å². The number of benzene rings is 1. The number of nitrogens with two attached hydrogens (primary N) is 1. The van der Waals surface area contributed by atoms with Crippen molar-refractivity contribution in [1.82, 2.24) is 0 Å². The van der Waals surface area contributed by atoms with Crippen LogP contribution in [0.4, 0.5) is 4.39 Å². The molecule has 0 saturated carbocycles. The Bertz CT molecular complexity index is 436. The molecule has 1 aromatic carbocycles. The van der Waals surface area contributed by atoms with Gasteiger partial charge in [0.15, 0.2) is 0 Å². The SMILES string of the molecule is NCCCc1cc2c(F)cccc2s1. The highest BCUT2D eigenvalue weighted by Gasteiger charge is 2.04. The summed E-state index contributed by atoms with van der Waals surface area (Å²) >= 11 is 1.66. The summed E-state index contributed by atoms with van der Waals surface area (Å²) in [6.07, 6.45) is 1.92. The highest BCUT2D eigenvalue weighted by molar-refractivity contribution is 7.19. The van der Waals surface area contributed by atoms with Crippen LogP contribution in [0.2, 0.25) is 0 Å². The summed E-state index contributed by atoms with van der Waals surface area (Å²) in [4.78, 5) is 1.22. The van der Waals surface area contributed by atoms with Gasteiger partial charge in [-0.15, -0.1) is 11.3 Å². The molecule has 1 nitrogen and oxygen atoms in total.